The minimum atomic E-state index is -0.0151. The average molecular weight is 190 g/mol. The van der Waals surface area contributed by atoms with Gasteiger partial charge < -0.3 is 9.47 Å². The van der Waals surface area contributed by atoms with Crippen LogP contribution in [-0.2, 0) is 9.47 Å². The number of allylic oxidation sites excluding steroid dienone is 2. The van der Waals surface area contributed by atoms with Crippen LogP contribution in [0.3, 0.4) is 0 Å². The second-order valence-electron chi connectivity index (χ2n) is 3.57. The second kappa shape index (κ2) is 3.37. The van der Waals surface area contributed by atoms with Crippen LogP contribution in [0.15, 0.2) is 48.0 Å². The molecule has 0 amide bonds. The Morgan fingerprint density at radius 1 is 1.36 bits per heavy atom. The van der Waals surface area contributed by atoms with Crippen LogP contribution in [0.5, 0.6) is 0 Å². The average Bonchev–Trinajstić information content (AvgIpc) is 2.19. The molecule has 0 aromatic heterocycles. The molecule has 0 radical (unpaired) electrons. The quantitative estimate of drug-likeness (QED) is 0.632. The molecule has 2 rings (SSSR count). The van der Waals surface area contributed by atoms with E-state index in [9.17, 15) is 0 Å². The molecule has 1 heterocycles. The van der Waals surface area contributed by atoms with E-state index in [4.69, 9.17) is 9.47 Å². The molecule has 0 saturated heterocycles. The fourth-order valence-electron chi connectivity index (χ4n) is 1.61. The molecule has 2 aliphatic rings. The van der Waals surface area contributed by atoms with Crippen molar-refractivity contribution in [2.75, 3.05) is 7.11 Å². The molecule has 0 aromatic carbocycles. The van der Waals surface area contributed by atoms with Gasteiger partial charge in [0.25, 0.3) is 0 Å². The first kappa shape index (κ1) is 9.13. The van der Waals surface area contributed by atoms with Crippen molar-refractivity contribution in [3.8, 4) is 0 Å². The fraction of sp³-hybridized carbons (Fsp3) is 0.333. The minimum Gasteiger partial charge on any atom is -0.497 e. The summed E-state index contributed by atoms with van der Waals surface area (Å²) in [7, 11) is 1.66. The number of methoxy groups -OCH3 is 1. The summed E-state index contributed by atoms with van der Waals surface area (Å²) in [5.41, 5.74) is 1.19. The van der Waals surface area contributed by atoms with Gasteiger partial charge in [0, 0.05) is 12.0 Å². The van der Waals surface area contributed by atoms with Gasteiger partial charge in [-0.25, -0.2) is 0 Å². The molecule has 0 bridgehead atoms. The zero-order valence-corrected chi connectivity index (χ0v) is 8.49. The Hall–Kier alpha value is -1.44. The van der Waals surface area contributed by atoms with E-state index in [1.807, 2.05) is 18.2 Å². The van der Waals surface area contributed by atoms with Crippen molar-refractivity contribution in [2.24, 2.45) is 5.92 Å². The lowest BCUT2D eigenvalue weighted by Gasteiger charge is -2.29. The highest BCUT2D eigenvalue weighted by Crippen LogP contribution is 2.30. The van der Waals surface area contributed by atoms with Crippen molar-refractivity contribution in [3.05, 3.63) is 48.0 Å². The van der Waals surface area contributed by atoms with Gasteiger partial charge in [-0.3, -0.25) is 0 Å². The van der Waals surface area contributed by atoms with Gasteiger partial charge in [-0.1, -0.05) is 25.7 Å². The predicted molar refractivity (Wildman–Crippen MR) is 55.5 cm³/mol. The summed E-state index contributed by atoms with van der Waals surface area (Å²) in [6.45, 7) is 5.95. The van der Waals surface area contributed by atoms with Crippen LogP contribution in [0.2, 0.25) is 0 Å². The Morgan fingerprint density at radius 3 is 2.86 bits per heavy atom. The van der Waals surface area contributed by atoms with E-state index in [2.05, 4.69) is 19.6 Å². The van der Waals surface area contributed by atoms with E-state index in [1.165, 1.54) is 5.57 Å². The molecule has 2 atom stereocenters. The predicted octanol–water partition coefficient (Wildman–Crippen LogP) is 2.56. The highest BCUT2D eigenvalue weighted by atomic mass is 16.5. The van der Waals surface area contributed by atoms with Crippen LogP contribution in [-0.4, -0.2) is 13.2 Å². The van der Waals surface area contributed by atoms with Crippen LogP contribution in [0, 0.1) is 5.92 Å². The molecular weight excluding hydrogens is 176 g/mol. The summed E-state index contributed by atoms with van der Waals surface area (Å²) in [4.78, 5) is 0. The lowest BCUT2D eigenvalue weighted by atomic mass is 9.95. The first-order valence-corrected chi connectivity index (χ1v) is 4.72. The number of ether oxygens (including phenoxy) is 2. The van der Waals surface area contributed by atoms with Gasteiger partial charge in [-0.05, 0) is 11.6 Å². The molecule has 0 fully saturated rings. The first-order valence-electron chi connectivity index (χ1n) is 4.72. The van der Waals surface area contributed by atoms with E-state index in [-0.39, 0.29) is 6.10 Å². The summed E-state index contributed by atoms with van der Waals surface area (Å²) in [5.74, 6) is 1.96. The lowest BCUT2D eigenvalue weighted by Crippen LogP contribution is -2.22. The number of fused-ring (bicyclic) bond motifs is 1. The molecule has 74 valence electrons. The molecule has 0 N–H and O–H groups in total. The molecule has 2 unspecified atom stereocenters. The van der Waals surface area contributed by atoms with Gasteiger partial charge in [0.05, 0.1) is 12.9 Å². The molecular formula is C12H14O2. The first-order chi connectivity index (χ1) is 6.70. The fourth-order valence-corrected chi connectivity index (χ4v) is 1.61. The van der Waals surface area contributed by atoms with E-state index >= 15 is 0 Å². The van der Waals surface area contributed by atoms with Gasteiger partial charge in [0.2, 0.25) is 0 Å². The van der Waals surface area contributed by atoms with Gasteiger partial charge >= 0.3 is 0 Å². The molecule has 0 spiro atoms. The van der Waals surface area contributed by atoms with Crippen LogP contribution < -0.4 is 0 Å². The van der Waals surface area contributed by atoms with Crippen molar-refractivity contribution in [1.29, 1.82) is 0 Å². The van der Waals surface area contributed by atoms with Crippen molar-refractivity contribution < 1.29 is 9.47 Å². The third-order valence-corrected chi connectivity index (χ3v) is 2.55. The van der Waals surface area contributed by atoms with Crippen molar-refractivity contribution >= 4 is 0 Å². The molecule has 14 heavy (non-hydrogen) atoms. The smallest absolute Gasteiger partial charge is 0.145 e. The molecule has 1 aliphatic carbocycles. The van der Waals surface area contributed by atoms with Gasteiger partial charge in [-0.15, -0.1) is 0 Å². The Labute approximate surface area is 84.2 Å². The maximum atomic E-state index is 5.66. The zero-order chi connectivity index (χ0) is 10.1. The molecule has 0 saturated carbocycles. The van der Waals surface area contributed by atoms with E-state index in [1.54, 1.807) is 7.11 Å². The normalized spacial score (nSPS) is 30.0. The monoisotopic (exact) mass is 190 g/mol. The Morgan fingerprint density at radius 2 is 2.14 bits per heavy atom. The van der Waals surface area contributed by atoms with Crippen LogP contribution in [0.1, 0.15) is 6.92 Å². The number of hydrogen-bond acceptors (Lipinski definition) is 2. The summed E-state index contributed by atoms with van der Waals surface area (Å²) in [6, 6.07) is 0. The number of rotatable bonds is 1. The van der Waals surface area contributed by atoms with E-state index in [0.717, 1.165) is 11.5 Å². The zero-order valence-electron chi connectivity index (χ0n) is 8.49. The minimum absolute atomic E-state index is 0.0151. The molecule has 0 aromatic rings. The van der Waals surface area contributed by atoms with Gasteiger partial charge in [0.15, 0.2) is 0 Å². The standard InChI is InChI=1S/C12H14O2/c1-8-6-10-4-5-11(13-3)7-12(10)14-9(8)2/h4-8,12H,2H2,1,3H3. The SMILES string of the molecule is C=C1OC2C=C(OC)C=CC2=CC1C. The Balaban J connectivity index is 2.29. The topological polar surface area (TPSA) is 18.5 Å². The van der Waals surface area contributed by atoms with Gasteiger partial charge in [0.1, 0.15) is 11.9 Å². The highest BCUT2D eigenvalue weighted by Gasteiger charge is 2.24. The summed E-state index contributed by atoms with van der Waals surface area (Å²) < 4.78 is 10.8. The van der Waals surface area contributed by atoms with Gasteiger partial charge in [-0.2, -0.15) is 0 Å². The summed E-state index contributed by atoms with van der Waals surface area (Å²) >= 11 is 0. The maximum Gasteiger partial charge on any atom is 0.145 e. The van der Waals surface area contributed by atoms with Crippen molar-refractivity contribution in [2.45, 2.75) is 13.0 Å². The summed E-state index contributed by atoms with van der Waals surface area (Å²) in [6.07, 6.45) is 8.11. The highest BCUT2D eigenvalue weighted by molar-refractivity contribution is 5.40. The van der Waals surface area contributed by atoms with Crippen LogP contribution in [0.25, 0.3) is 0 Å². The summed E-state index contributed by atoms with van der Waals surface area (Å²) in [5, 5.41) is 0. The largest absolute Gasteiger partial charge is 0.497 e. The van der Waals surface area contributed by atoms with Crippen LogP contribution in [0.4, 0.5) is 0 Å². The third kappa shape index (κ3) is 1.48. The Kier molecular flexibility index (Phi) is 2.20. The number of hydrogen-bond donors (Lipinski definition) is 0. The van der Waals surface area contributed by atoms with E-state index < -0.39 is 0 Å². The van der Waals surface area contributed by atoms with Crippen molar-refractivity contribution in [1.82, 2.24) is 0 Å². The third-order valence-electron chi connectivity index (χ3n) is 2.55. The maximum absolute atomic E-state index is 5.66. The van der Waals surface area contributed by atoms with Crippen LogP contribution >= 0.6 is 0 Å². The lowest BCUT2D eigenvalue weighted by molar-refractivity contribution is 0.148. The van der Waals surface area contributed by atoms with E-state index in [0.29, 0.717) is 5.92 Å². The molecule has 1 aliphatic heterocycles. The molecule has 2 heteroatoms. The second-order valence-corrected chi connectivity index (χ2v) is 3.57. The molecule has 2 nitrogen and oxygen atoms in total. The van der Waals surface area contributed by atoms with Crippen molar-refractivity contribution in [3.63, 3.8) is 0 Å². The Bertz CT molecular complexity index is 347.